The molecule has 5 heteroatoms. The van der Waals surface area contributed by atoms with Gasteiger partial charge in [0, 0.05) is 20.1 Å². The topological polar surface area (TPSA) is 69.6 Å². The molecule has 1 unspecified atom stereocenters. The number of nitrogens with zero attached hydrogens (tertiary/aromatic N) is 1. The van der Waals surface area contributed by atoms with Crippen LogP contribution in [0.15, 0.2) is 24.3 Å². The van der Waals surface area contributed by atoms with Crippen LogP contribution in [0.1, 0.15) is 18.1 Å². The van der Waals surface area contributed by atoms with Crippen LogP contribution in [0.25, 0.3) is 0 Å². The first-order chi connectivity index (χ1) is 8.90. The van der Waals surface area contributed by atoms with Gasteiger partial charge in [-0.2, -0.15) is 0 Å². The van der Waals surface area contributed by atoms with Gasteiger partial charge in [-0.25, -0.2) is 4.79 Å². The minimum absolute atomic E-state index is 0.131. The van der Waals surface area contributed by atoms with E-state index in [0.29, 0.717) is 6.54 Å². The number of carbonyl (C=O) groups excluding carboxylic acids is 1. The van der Waals surface area contributed by atoms with Crippen LogP contribution in [-0.2, 0) is 11.3 Å². The highest BCUT2D eigenvalue weighted by Crippen LogP contribution is 2.06. The monoisotopic (exact) mass is 264 g/mol. The van der Waals surface area contributed by atoms with Crippen molar-refractivity contribution in [1.29, 1.82) is 0 Å². The predicted octanol–water partition coefficient (Wildman–Crippen LogP) is 1.86. The Labute approximate surface area is 113 Å². The zero-order valence-electron chi connectivity index (χ0n) is 11.5. The van der Waals surface area contributed by atoms with Crippen molar-refractivity contribution in [2.45, 2.75) is 20.4 Å². The normalized spacial score (nSPS) is 11.7. The van der Waals surface area contributed by atoms with Crippen LogP contribution >= 0.6 is 0 Å². The van der Waals surface area contributed by atoms with Gasteiger partial charge in [0.05, 0.1) is 5.92 Å². The lowest BCUT2D eigenvalue weighted by Crippen LogP contribution is -2.40. The molecule has 1 aromatic carbocycles. The minimum Gasteiger partial charge on any atom is -0.481 e. The fourth-order valence-corrected chi connectivity index (χ4v) is 1.50. The standard InChI is InChI=1S/C14H20N2O3/c1-10-4-6-12(7-5-10)9-16(3)14(19)15-8-11(2)13(17)18/h4-7,11H,8-9H2,1-3H3,(H,15,19)(H,17,18). The summed E-state index contributed by atoms with van der Waals surface area (Å²) in [5.41, 5.74) is 2.21. The number of carboxylic acids is 1. The fourth-order valence-electron chi connectivity index (χ4n) is 1.50. The summed E-state index contributed by atoms with van der Waals surface area (Å²) in [5.74, 6) is -1.50. The summed E-state index contributed by atoms with van der Waals surface area (Å²) >= 11 is 0. The molecule has 0 aliphatic rings. The summed E-state index contributed by atoms with van der Waals surface area (Å²) in [6, 6.07) is 7.66. The van der Waals surface area contributed by atoms with Gasteiger partial charge in [-0.05, 0) is 12.5 Å². The average Bonchev–Trinajstić information content (AvgIpc) is 2.37. The summed E-state index contributed by atoms with van der Waals surface area (Å²) in [4.78, 5) is 23.9. The Bertz CT molecular complexity index is 443. The van der Waals surface area contributed by atoms with Crippen molar-refractivity contribution in [3.63, 3.8) is 0 Å². The third-order valence-electron chi connectivity index (χ3n) is 2.87. The number of carbonyl (C=O) groups is 2. The van der Waals surface area contributed by atoms with Crippen LogP contribution in [0.3, 0.4) is 0 Å². The summed E-state index contributed by atoms with van der Waals surface area (Å²) in [7, 11) is 1.68. The van der Waals surface area contributed by atoms with Crippen molar-refractivity contribution >= 4 is 12.0 Å². The van der Waals surface area contributed by atoms with E-state index in [-0.39, 0.29) is 12.6 Å². The van der Waals surface area contributed by atoms with Crippen LogP contribution < -0.4 is 5.32 Å². The highest BCUT2D eigenvalue weighted by atomic mass is 16.4. The maximum absolute atomic E-state index is 11.8. The Morgan fingerprint density at radius 1 is 1.32 bits per heavy atom. The number of aliphatic carboxylic acids is 1. The van der Waals surface area contributed by atoms with E-state index in [1.807, 2.05) is 31.2 Å². The molecule has 0 saturated heterocycles. The van der Waals surface area contributed by atoms with Crippen molar-refractivity contribution in [3.05, 3.63) is 35.4 Å². The molecule has 1 aromatic rings. The Hall–Kier alpha value is -2.04. The van der Waals surface area contributed by atoms with Crippen molar-refractivity contribution in [3.8, 4) is 0 Å². The molecule has 5 nitrogen and oxygen atoms in total. The summed E-state index contributed by atoms with van der Waals surface area (Å²) in [6.45, 7) is 4.19. The first-order valence-electron chi connectivity index (χ1n) is 6.17. The summed E-state index contributed by atoms with van der Waals surface area (Å²) < 4.78 is 0. The van der Waals surface area contributed by atoms with Gasteiger partial charge in [-0.3, -0.25) is 4.79 Å². The minimum atomic E-state index is -0.915. The second-order valence-electron chi connectivity index (χ2n) is 4.77. The third-order valence-corrected chi connectivity index (χ3v) is 2.87. The summed E-state index contributed by atoms with van der Waals surface area (Å²) in [6.07, 6.45) is 0. The Morgan fingerprint density at radius 3 is 2.42 bits per heavy atom. The Kier molecular flexibility index (Phi) is 5.36. The number of urea groups is 1. The number of aryl methyl sites for hydroxylation is 1. The Balaban J connectivity index is 2.44. The maximum atomic E-state index is 11.8. The van der Waals surface area contributed by atoms with Gasteiger partial charge >= 0.3 is 12.0 Å². The molecule has 1 rings (SSSR count). The SMILES string of the molecule is Cc1ccc(CN(C)C(=O)NCC(C)C(=O)O)cc1. The van der Waals surface area contributed by atoms with Crippen molar-refractivity contribution in [2.24, 2.45) is 5.92 Å². The molecule has 0 aliphatic heterocycles. The fraction of sp³-hybridized carbons (Fsp3) is 0.429. The lowest BCUT2D eigenvalue weighted by Gasteiger charge is -2.19. The number of nitrogens with one attached hydrogen (secondary N) is 1. The van der Waals surface area contributed by atoms with E-state index in [0.717, 1.165) is 5.56 Å². The second kappa shape index (κ2) is 6.78. The summed E-state index contributed by atoms with van der Waals surface area (Å²) in [5, 5.41) is 11.3. The third kappa shape index (κ3) is 4.99. The van der Waals surface area contributed by atoms with Crippen molar-refractivity contribution in [1.82, 2.24) is 10.2 Å². The predicted molar refractivity (Wildman–Crippen MR) is 72.8 cm³/mol. The van der Waals surface area contributed by atoms with Gasteiger partial charge in [0.2, 0.25) is 0 Å². The number of hydrogen-bond acceptors (Lipinski definition) is 2. The van der Waals surface area contributed by atoms with E-state index < -0.39 is 11.9 Å². The molecule has 2 amide bonds. The largest absolute Gasteiger partial charge is 0.481 e. The molecule has 0 saturated carbocycles. The lowest BCUT2D eigenvalue weighted by molar-refractivity contribution is -0.140. The molecule has 0 aromatic heterocycles. The number of rotatable bonds is 5. The van der Waals surface area contributed by atoms with Crippen molar-refractivity contribution < 1.29 is 14.7 Å². The molecular formula is C14H20N2O3. The Morgan fingerprint density at radius 2 is 1.89 bits per heavy atom. The molecule has 2 N–H and O–H groups in total. The number of benzene rings is 1. The molecule has 1 atom stereocenters. The van der Waals surface area contributed by atoms with E-state index in [2.05, 4.69) is 5.32 Å². The zero-order valence-corrected chi connectivity index (χ0v) is 11.5. The molecule has 0 spiro atoms. The van der Waals surface area contributed by atoms with Gasteiger partial charge in [0.1, 0.15) is 0 Å². The highest BCUT2D eigenvalue weighted by Gasteiger charge is 2.14. The van der Waals surface area contributed by atoms with E-state index in [4.69, 9.17) is 5.11 Å². The first-order valence-corrected chi connectivity index (χ1v) is 6.17. The average molecular weight is 264 g/mol. The molecule has 0 aliphatic carbocycles. The molecular weight excluding hydrogens is 244 g/mol. The molecule has 0 fully saturated rings. The number of amides is 2. The molecule has 0 bridgehead atoms. The lowest BCUT2D eigenvalue weighted by atomic mass is 10.1. The van der Waals surface area contributed by atoms with Crippen LogP contribution in [0.2, 0.25) is 0 Å². The van der Waals surface area contributed by atoms with Gasteiger partial charge < -0.3 is 15.3 Å². The zero-order chi connectivity index (χ0) is 14.4. The highest BCUT2D eigenvalue weighted by molar-refractivity contribution is 5.75. The second-order valence-corrected chi connectivity index (χ2v) is 4.77. The van der Waals surface area contributed by atoms with Crippen LogP contribution in [0.5, 0.6) is 0 Å². The van der Waals surface area contributed by atoms with Crippen LogP contribution in [-0.4, -0.2) is 35.6 Å². The molecule has 19 heavy (non-hydrogen) atoms. The van der Waals surface area contributed by atoms with Gasteiger partial charge in [-0.15, -0.1) is 0 Å². The van der Waals surface area contributed by atoms with E-state index in [1.54, 1.807) is 14.0 Å². The molecule has 104 valence electrons. The number of carboxylic acid groups (broad SMARTS) is 1. The van der Waals surface area contributed by atoms with Crippen LogP contribution in [0, 0.1) is 12.8 Å². The van der Waals surface area contributed by atoms with Crippen LogP contribution in [0.4, 0.5) is 4.79 Å². The first kappa shape index (κ1) is 15.0. The van der Waals surface area contributed by atoms with Gasteiger partial charge in [0.15, 0.2) is 0 Å². The van der Waals surface area contributed by atoms with E-state index in [1.165, 1.54) is 10.5 Å². The van der Waals surface area contributed by atoms with Crippen molar-refractivity contribution in [2.75, 3.05) is 13.6 Å². The van der Waals surface area contributed by atoms with Gasteiger partial charge in [-0.1, -0.05) is 36.8 Å². The smallest absolute Gasteiger partial charge is 0.317 e. The number of hydrogen-bond donors (Lipinski definition) is 2. The quantitative estimate of drug-likeness (QED) is 0.852. The van der Waals surface area contributed by atoms with E-state index in [9.17, 15) is 9.59 Å². The van der Waals surface area contributed by atoms with Gasteiger partial charge in [0.25, 0.3) is 0 Å². The molecule has 0 heterocycles. The molecule has 0 radical (unpaired) electrons. The van der Waals surface area contributed by atoms with E-state index >= 15 is 0 Å². The maximum Gasteiger partial charge on any atom is 0.317 e.